The van der Waals surface area contributed by atoms with E-state index in [1.807, 2.05) is 0 Å². The predicted octanol–water partition coefficient (Wildman–Crippen LogP) is 3.40. The van der Waals surface area contributed by atoms with E-state index < -0.39 is 21.5 Å². The second-order valence-corrected chi connectivity index (χ2v) is 9.05. The van der Waals surface area contributed by atoms with Gasteiger partial charge >= 0.3 is 0 Å². The van der Waals surface area contributed by atoms with Gasteiger partial charge in [0.1, 0.15) is 11.6 Å². The molecule has 0 radical (unpaired) electrons. The number of fused-ring (bicyclic) bond motifs is 3. The zero-order valence-corrected chi connectivity index (χ0v) is 15.2. The molecule has 7 heteroatoms. The first-order valence-corrected chi connectivity index (χ1v) is 10.1. The molecule has 138 valence electrons. The minimum atomic E-state index is -3.98. The quantitative estimate of drug-likeness (QED) is 0.870. The van der Waals surface area contributed by atoms with Gasteiger partial charge in [-0.2, -0.15) is 0 Å². The molecule has 1 N–H and O–H groups in total. The minimum absolute atomic E-state index is 0.0706. The van der Waals surface area contributed by atoms with Crippen molar-refractivity contribution in [3.63, 3.8) is 0 Å². The zero-order valence-electron chi connectivity index (χ0n) is 14.4. The van der Waals surface area contributed by atoms with Gasteiger partial charge in [0.2, 0.25) is 9.84 Å². The van der Waals surface area contributed by atoms with Crippen molar-refractivity contribution in [1.29, 1.82) is 0 Å². The summed E-state index contributed by atoms with van der Waals surface area (Å²) in [6, 6.07) is 7.59. The number of rotatable bonds is 2. The van der Waals surface area contributed by atoms with Crippen LogP contribution >= 0.6 is 0 Å². The predicted molar refractivity (Wildman–Crippen MR) is 95.1 cm³/mol. The molecule has 0 spiro atoms. The van der Waals surface area contributed by atoms with Crippen molar-refractivity contribution in [2.75, 3.05) is 25.5 Å². The van der Waals surface area contributed by atoms with Crippen molar-refractivity contribution in [3.05, 3.63) is 53.6 Å². The Morgan fingerprint density at radius 2 is 1.69 bits per heavy atom. The normalized spacial score (nSPS) is 23.0. The van der Waals surface area contributed by atoms with E-state index in [0.717, 1.165) is 49.3 Å². The average Bonchev–Trinajstić information content (AvgIpc) is 2.83. The van der Waals surface area contributed by atoms with E-state index in [1.165, 1.54) is 6.07 Å². The van der Waals surface area contributed by atoms with Gasteiger partial charge in [-0.05, 0) is 68.9 Å². The third kappa shape index (κ3) is 2.99. The van der Waals surface area contributed by atoms with Gasteiger partial charge in [-0.1, -0.05) is 0 Å². The molecule has 2 aromatic carbocycles. The van der Waals surface area contributed by atoms with Crippen molar-refractivity contribution in [2.24, 2.45) is 0 Å². The van der Waals surface area contributed by atoms with Crippen LogP contribution < -0.4 is 5.32 Å². The van der Waals surface area contributed by atoms with E-state index in [0.29, 0.717) is 12.1 Å². The number of hydrogen-bond donors (Lipinski definition) is 1. The summed E-state index contributed by atoms with van der Waals surface area (Å²) < 4.78 is 52.7. The summed E-state index contributed by atoms with van der Waals surface area (Å²) in [4.78, 5) is 1.98. The van der Waals surface area contributed by atoms with Crippen LogP contribution in [-0.2, 0) is 9.84 Å². The first-order chi connectivity index (χ1) is 12.3. The Bertz CT molecular complexity index is 942. The Kier molecular flexibility index (Phi) is 4.23. The number of nitrogens with zero attached hydrogens (tertiary/aromatic N) is 1. The topological polar surface area (TPSA) is 49.4 Å². The minimum Gasteiger partial charge on any atom is -0.381 e. The van der Waals surface area contributed by atoms with Crippen molar-refractivity contribution in [1.82, 2.24) is 4.90 Å². The number of likely N-dealkylation sites (tertiary alicyclic amines) is 1. The van der Waals surface area contributed by atoms with Gasteiger partial charge in [-0.3, -0.25) is 0 Å². The standard InChI is InChI=1S/C19H20F2N2O2S/c1-23-6-4-16-17-11-14(2-3-18(17)22-19(16)5-7-23)26(24,25)15-9-12(20)8-13(21)10-15/h2-3,8-11,16,19,22H,4-7H2,1H3/t16-,19+/m0/s1. The lowest BCUT2D eigenvalue weighted by atomic mass is 9.91. The first kappa shape index (κ1) is 17.4. The Hall–Kier alpha value is -1.99. The van der Waals surface area contributed by atoms with Crippen molar-refractivity contribution >= 4 is 15.5 Å². The van der Waals surface area contributed by atoms with E-state index >= 15 is 0 Å². The SMILES string of the molecule is CN1CC[C@H]2Nc3ccc(S(=O)(=O)c4cc(F)cc(F)c4)cc3[C@@H]2CC1. The summed E-state index contributed by atoms with van der Waals surface area (Å²) in [5.41, 5.74) is 1.93. The van der Waals surface area contributed by atoms with Crippen LogP contribution in [-0.4, -0.2) is 39.5 Å². The van der Waals surface area contributed by atoms with Crippen LogP contribution in [0.15, 0.2) is 46.2 Å². The van der Waals surface area contributed by atoms with Crippen LogP contribution in [0.5, 0.6) is 0 Å². The van der Waals surface area contributed by atoms with Gasteiger partial charge in [0.15, 0.2) is 0 Å². The van der Waals surface area contributed by atoms with Gasteiger partial charge in [0, 0.05) is 23.7 Å². The molecule has 0 aliphatic carbocycles. The number of benzene rings is 2. The summed E-state index contributed by atoms with van der Waals surface area (Å²) >= 11 is 0. The third-order valence-electron chi connectivity index (χ3n) is 5.35. The number of hydrogen-bond acceptors (Lipinski definition) is 4. The summed E-state index contributed by atoms with van der Waals surface area (Å²) in [7, 11) is -1.90. The second kappa shape index (κ2) is 6.32. The lowest BCUT2D eigenvalue weighted by molar-refractivity contribution is 0.346. The fourth-order valence-electron chi connectivity index (χ4n) is 3.94. The number of nitrogens with one attached hydrogen (secondary N) is 1. The van der Waals surface area contributed by atoms with Crippen LogP contribution in [0, 0.1) is 11.6 Å². The van der Waals surface area contributed by atoms with E-state index in [1.54, 1.807) is 12.1 Å². The largest absolute Gasteiger partial charge is 0.381 e. The summed E-state index contributed by atoms with van der Waals surface area (Å²) in [5.74, 6) is -1.56. The Morgan fingerprint density at radius 3 is 2.42 bits per heavy atom. The highest BCUT2D eigenvalue weighted by atomic mass is 32.2. The molecule has 2 heterocycles. The van der Waals surface area contributed by atoms with E-state index in [2.05, 4.69) is 17.3 Å². The van der Waals surface area contributed by atoms with Gasteiger partial charge < -0.3 is 10.2 Å². The molecule has 2 aliphatic heterocycles. The fourth-order valence-corrected chi connectivity index (χ4v) is 5.28. The molecule has 4 nitrogen and oxygen atoms in total. The van der Waals surface area contributed by atoms with Gasteiger partial charge in [-0.25, -0.2) is 17.2 Å². The highest BCUT2D eigenvalue weighted by molar-refractivity contribution is 7.91. The lowest BCUT2D eigenvalue weighted by Crippen LogP contribution is -2.22. The number of sulfone groups is 1. The van der Waals surface area contributed by atoms with Crippen LogP contribution in [0.2, 0.25) is 0 Å². The van der Waals surface area contributed by atoms with E-state index in [9.17, 15) is 17.2 Å². The third-order valence-corrected chi connectivity index (χ3v) is 7.08. The van der Waals surface area contributed by atoms with E-state index in [4.69, 9.17) is 0 Å². The second-order valence-electron chi connectivity index (χ2n) is 7.10. The smallest absolute Gasteiger partial charge is 0.206 e. The number of halogens is 2. The van der Waals surface area contributed by atoms with Crippen molar-refractivity contribution in [2.45, 2.75) is 34.6 Å². The molecule has 0 saturated carbocycles. The lowest BCUT2D eigenvalue weighted by Gasteiger charge is -2.16. The molecule has 1 saturated heterocycles. The molecular weight excluding hydrogens is 358 g/mol. The Balaban J connectivity index is 1.74. The first-order valence-electron chi connectivity index (χ1n) is 8.65. The molecule has 2 atom stereocenters. The molecule has 1 fully saturated rings. The van der Waals surface area contributed by atoms with Gasteiger partial charge in [0.05, 0.1) is 9.79 Å². The molecule has 0 bridgehead atoms. The summed E-state index contributed by atoms with van der Waals surface area (Å²) in [5, 5.41) is 3.49. The Labute approximate surface area is 151 Å². The average molecular weight is 378 g/mol. The van der Waals surface area contributed by atoms with Crippen LogP contribution in [0.25, 0.3) is 0 Å². The molecule has 4 rings (SSSR count). The maximum Gasteiger partial charge on any atom is 0.206 e. The maximum atomic E-state index is 13.5. The fraction of sp³-hybridized carbons (Fsp3) is 0.368. The van der Waals surface area contributed by atoms with Crippen LogP contribution in [0.4, 0.5) is 14.5 Å². The molecule has 0 aromatic heterocycles. The van der Waals surface area contributed by atoms with Crippen LogP contribution in [0.3, 0.4) is 0 Å². The van der Waals surface area contributed by atoms with Gasteiger partial charge in [0.25, 0.3) is 0 Å². The molecule has 26 heavy (non-hydrogen) atoms. The zero-order chi connectivity index (χ0) is 18.5. The number of anilines is 1. The highest BCUT2D eigenvalue weighted by Crippen LogP contribution is 2.42. The maximum absolute atomic E-state index is 13.5. The molecule has 0 unspecified atom stereocenters. The highest BCUT2D eigenvalue weighted by Gasteiger charge is 2.35. The molecule has 2 aromatic rings. The van der Waals surface area contributed by atoms with Gasteiger partial charge in [-0.15, -0.1) is 0 Å². The molecule has 2 aliphatic rings. The van der Waals surface area contributed by atoms with Crippen LogP contribution in [0.1, 0.15) is 24.3 Å². The molecule has 0 amide bonds. The Morgan fingerprint density at radius 1 is 1.00 bits per heavy atom. The van der Waals surface area contributed by atoms with Crippen molar-refractivity contribution in [3.8, 4) is 0 Å². The van der Waals surface area contributed by atoms with Crippen molar-refractivity contribution < 1.29 is 17.2 Å². The summed E-state index contributed by atoms with van der Waals surface area (Å²) in [6.07, 6.45) is 1.94. The van der Waals surface area contributed by atoms with E-state index in [-0.39, 0.29) is 15.7 Å². The monoisotopic (exact) mass is 378 g/mol. The molecular formula is C19H20F2N2O2S. The summed E-state index contributed by atoms with van der Waals surface area (Å²) in [6.45, 7) is 1.95.